The van der Waals surface area contributed by atoms with Crippen molar-refractivity contribution in [2.75, 3.05) is 40.9 Å². The van der Waals surface area contributed by atoms with Gasteiger partial charge in [-0.05, 0) is 70.6 Å². The second-order valence-electron chi connectivity index (χ2n) is 21.3. The van der Waals surface area contributed by atoms with Crippen molar-refractivity contribution in [3.05, 3.63) is 85.1 Å². The highest BCUT2D eigenvalue weighted by Crippen LogP contribution is 2.43. The summed E-state index contributed by atoms with van der Waals surface area (Å²) in [5.74, 6) is -0.202. The predicted molar refractivity (Wildman–Crippen MR) is 313 cm³/mol. The molecule has 0 aromatic heterocycles. The van der Waals surface area contributed by atoms with E-state index >= 15 is 0 Å². The van der Waals surface area contributed by atoms with E-state index in [1.165, 1.54) is 148 Å². The molecule has 3 unspecified atom stereocenters. The van der Waals surface area contributed by atoms with Crippen LogP contribution in [0.25, 0.3) is 0 Å². The van der Waals surface area contributed by atoms with Gasteiger partial charge in [-0.1, -0.05) is 266 Å². The molecule has 0 heterocycles. The number of carbonyl (C=O) groups is 1. The Morgan fingerprint density at radius 1 is 0.486 bits per heavy atom. The van der Waals surface area contributed by atoms with Gasteiger partial charge < -0.3 is 19.8 Å². The first kappa shape index (κ1) is 69.7. The van der Waals surface area contributed by atoms with Crippen LogP contribution in [-0.4, -0.2) is 73.4 Å². The maximum absolute atomic E-state index is 13.0. The van der Waals surface area contributed by atoms with Crippen LogP contribution < -0.4 is 5.32 Å². The lowest BCUT2D eigenvalue weighted by Crippen LogP contribution is -2.45. The molecule has 0 spiro atoms. The monoisotopic (exact) mass is 1030 g/mol. The summed E-state index contributed by atoms with van der Waals surface area (Å²) >= 11 is 0. The smallest absolute Gasteiger partial charge is 0.387 e. The Hall–Kier alpha value is -2.32. The van der Waals surface area contributed by atoms with Crippen LogP contribution in [0.4, 0.5) is 0 Å². The fourth-order valence-electron chi connectivity index (χ4n) is 8.46. The average Bonchev–Trinajstić information content (AvgIpc) is 3.34. The van der Waals surface area contributed by atoms with Crippen LogP contribution in [0.15, 0.2) is 85.1 Å². The van der Waals surface area contributed by atoms with Crippen molar-refractivity contribution in [3.63, 3.8) is 0 Å². The molecule has 8 nitrogen and oxygen atoms in total. The second-order valence-corrected chi connectivity index (χ2v) is 22.8. The number of hydrogen-bond donors (Lipinski definition) is 3. The van der Waals surface area contributed by atoms with Gasteiger partial charge in [0.25, 0.3) is 0 Å². The van der Waals surface area contributed by atoms with Crippen LogP contribution in [0.1, 0.15) is 258 Å². The van der Waals surface area contributed by atoms with Gasteiger partial charge in [-0.3, -0.25) is 13.8 Å². The van der Waals surface area contributed by atoms with Crippen molar-refractivity contribution < 1.29 is 32.9 Å². The minimum absolute atomic E-state index is 0.0520. The molecule has 1 amide bonds. The third-order valence-electron chi connectivity index (χ3n) is 13.1. The molecule has 0 rings (SSSR count). The zero-order valence-electron chi connectivity index (χ0n) is 47.7. The van der Waals surface area contributed by atoms with Gasteiger partial charge in [0.1, 0.15) is 13.2 Å². The molecule has 9 heteroatoms. The molecule has 0 radical (unpaired) electrons. The lowest BCUT2D eigenvalue weighted by Gasteiger charge is -2.25. The highest BCUT2D eigenvalue weighted by molar-refractivity contribution is 7.47. The number of amides is 1. The maximum atomic E-state index is 13.0. The van der Waals surface area contributed by atoms with E-state index < -0.39 is 20.0 Å². The summed E-state index contributed by atoms with van der Waals surface area (Å²) in [6.45, 7) is 4.70. The molecule has 0 aromatic carbocycles. The van der Waals surface area contributed by atoms with E-state index in [1.54, 1.807) is 6.08 Å². The third-order valence-corrected chi connectivity index (χ3v) is 14.1. The summed E-state index contributed by atoms with van der Waals surface area (Å²) in [7, 11) is 1.55. The fourth-order valence-corrected chi connectivity index (χ4v) is 9.19. The third kappa shape index (κ3) is 55.4. The van der Waals surface area contributed by atoms with Gasteiger partial charge in [0, 0.05) is 6.42 Å². The van der Waals surface area contributed by atoms with Gasteiger partial charge in [0.15, 0.2) is 0 Å². The lowest BCUT2D eigenvalue weighted by atomic mass is 10.0. The number of aliphatic hydroxyl groups is 1. The summed E-state index contributed by atoms with van der Waals surface area (Å²) in [6, 6.07) is -0.867. The molecule has 0 aliphatic heterocycles. The zero-order chi connectivity index (χ0) is 52.7. The Balaban J connectivity index is 4.26. The summed E-state index contributed by atoms with van der Waals surface area (Å²) in [6.07, 6.45) is 75.5. The predicted octanol–water partition coefficient (Wildman–Crippen LogP) is 18.4. The molecule has 3 atom stereocenters. The normalized spacial score (nSPS) is 14.5. The molecular weight excluding hydrogens is 912 g/mol. The maximum Gasteiger partial charge on any atom is 0.472 e. The first-order chi connectivity index (χ1) is 35.0. The number of phosphoric ester groups is 1. The SMILES string of the molecule is CC/C=C\C/C=C\C/C=C\C/C=C\C/C=C\C/C=C\CCCCCCC(=O)NC(COP(=O)(O)OCC[N+](C)(C)C)C(O)/C=C/CCCCCCCCCCCCCCCCCCCCCCCCCCC. The summed E-state index contributed by atoms with van der Waals surface area (Å²) in [5.41, 5.74) is 0. The van der Waals surface area contributed by atoms with Crippen LogP contribution in [0.5, 0.6) is 0 Å². The summed E-state index contributed by atoms with van der Waals surface area (Å²) in [5, 5.41) is 13.9. The molecule has 0 saturated carbocycles. The van der Waals surface area contributed by atoms with Gasteiger partial charge in [0.05, 0.1) is 39.9 Å². The van der Waals surface area contributed by atoms with E-state index in [1.807, 2.05) is 27.2 Å². The van der Waals surface area contributed by atoms with E-state index in [9.17, 15) is 19.4 Å². The lowest BCUT2D eigenvalue weighted by molar-refractivity contribution is -0.870. The van der Waals surface area contributed by atoms with Gasteiger partial charge in [-0.2, -0.15) is 0 Å². The van der Waals surface area contributed by atoms with Crippen LogP contribution in [0.3, 0.4) is 0 Å². The average molecular weight is 1030 g/mol. The summed E-state index contributed by atoms with van der Waals surface area (Å²) < 4.78 is 23.7. The summed E-state index contributed by atoms with van der Waals surface area (Å²) in [4.78, 5) is 23.3. The molecule has 0 bridgehead atoms. The number of unbranched alkanes of at least 4 members (excludes halogenated alkanes) is 29. The van der Waals surface area contributed by atoms with Crippen molar-refractivity contribution >= 4 is 13.7 Å². The van der Waals surface area contributed by atoms with Crippen LogP contribution >= 0.6 is 7.82 Å². The fraction of sp³-hybridized carbons (Fsp3) is 0.762. The van der Waals surface area contributed by atoms with Gasteiger partial charge in [-0.15, -0.1) is 0 Å². The van der Waals surface area contributed by atoms with E-state index in [4.69, 9.17) is 9.05 Å². The molecule has 418 valence electrons. The Bertz CT molecular complexity index is 1450. The Morgan fingerprint density at radius 3 is 1.22 bits per heavy atom. The number of carbonyl (C=O) groups excluding carboxylic acids is 1. The Morgan fingerprint density at radius 2 is 0.833 bits per heavy atom. The van der Waals surface area contributed by atoms with E-state index in [0.717, 1.165) is 89.9 Å². The Labute approximate surface area is 446 Å². The molecule has 0 fully saturated rings. The Kier molecular flexibility index (Phi) is 51.8. The molecule has 0 aromatic rings. The standard InChI is InChI=1S/C63H115N2O6P/c1-6-8-10-12-14-16-18-20-22-24-26-28-30-31-32-33-35-36-38-40-42-44-46-48-50-52-54-56-62(66)61(60-71-72(68,69)70-59-58-65(3,4)5)64-63(67)57-55-53-51-49-47-45-43-41-39-37-34-29-27-25-23-21-19-17-15-13-11-9-7-2/h9,11,15,17,21,23,27,29,37,39,43,45,54,56,61-62,66H,6-8,10,12-14,16,18-20,22,24-26,28,30-36,38,40-42,44,46-53,55,57-60H2,1-5H3,(H-,64,67,68,69)/p+1/b11-9-,17-15-,23-21-,29-27-,39-37-,45-43-,56-54+. The van der Waals surface area contributed by atoms with Crippen molar-refractivity contribution in [1.82, 2.24) is 5.32 Å². The number of quaternary nitrogens is 1. The minimum atomic E-state index is -4.36. The number of aliphatic hydroxyl groups excluding tert-OH is 1. The quantitative estimate of drug-likeness (QED) is 0.0243. The second kappa shape index (κ2) is 53.5. The number of hydrogen-bond acceptors (Lipinski definition) is 5. The molecule has 0 aliphatic carbocycles. The highest BCUT2D eigenvalue weighted by atomic mass is 31.2. The van der Waals surface area contributed by atoms with Gasteiger partial charge in [0.2, 0.25) is 5.91 Å². The van der Waals surface area contributed by atoms with E-state index in [-0.39, 0.29) is 19.1 Å². The van der Waals surface area contributed by atoms with Crippen molar-refractivity contribution in [1.29, 1.82) is 0 Å². The molecule has 0 saturated heterocycles. The number of allylic oxidation sites excluding steroid dienone is 13. The van der Waals surface area contributed by atoms with Crippen LogP contribution in [-0.2, 0) is 18.4 Å². The van der Waals surface area contributed by atoms with E-state index in [0.29, 0.717) is 17.4 Å². The number of nitrogens with zero attached hydrogens (tertiary/aromatic N) is 1. The number of rotatable bonds is 54. The topological polar surface area (TPSA) is 105 Å². The molecule has 72 heavy (non-hydrogen) atoms. The molecule has 0 aliphatic rings. The van der Waals surface area contributed by atoms with Crippen LogP contribution in [0.2, 0.25) is 0 Å². The first-order valence-corrected chi connectivity index (χ1v) is 31.5. The van der Waals surface area contributed by atoms with Crippen molar-refractivity contribution in [2.24, 2.45) is 0 Å². The molecular formula is C63H116N2O6P+. The largest absolute Gasteiger partial charge is 0.472 e. The minimum Gasteiger partial charge on any atom is -0.387 e. The van der Waals surface area contributed by atoms with Gasteiger partial charge >= 0.3 is 7.82 Å². The zero-order valence-corrected chi connectivity index (χ0v) is 48.5. The van der Waals surface area contributed by atoms with Gasteiger partial charge in [-0.25, -0.2) is 4.57 Å². The van der Waals surface area contributed by atoms with Crippen molar-refractivity contribution in [2.45, 2.75) is 270 Å². The molecule has 3 N–H and O–H groups in total. The number of likely N-dealkylation sites (N-methyl/N-ethyl adjacent to an activating group) is 1. The van der Waals surface area contributed by atoms with Crippen molar-refractivity contribution in [3.8, 4) is 0 Å². The highest BCUT2D eigenvalue weighted by Gasteiger charge is 2.27. The van der Waals surface area contributed by atoms with E-state index in [2.05, 4.69) is 92.1 Å². The number of phosphoric acid groups is 1. The first-order valence-electron chi connectivity index (χ1n) is 30.0. The number of nitrogens with one attached hydrogen (secondary N) is 1. The van der Waals surface area contributed by atoms with Crippen LogP contribution in [0, 0.1) is 0 Å².